The van der Waals surface area contributed by atoms with Crippen LogP contribution in [-0.4, -0.2) is 21.9 Å². The zero-order valence-electron chi connectivity index (χ0n) is 16.0. The van der Waals surface area contributed by atoms with E-state index in [-0.39, 0.29) is 10.6 Å². The fourth-order valence-corrected chi connectivity index (χ4v) is 4.06. The Morgan fingerprint density at radius 3 is 2.79 bits per heavy atom. The lowest BCUT2D eigenvalue weighted by Crippen LogP contribution is -2.14. The maximum Gasteiger partial charge on any atom is 0.272 e. The molecule has 0 spiro atoms. The van der Waals surface area contributed by atoms with E-state index in [2.05, 4.69) is 27.5 Å². The second-order valence-corrected chi connectivity index (χ2v) is 7.96. The van der Waals surface area contributed by atoms with Crippen molar-refractivity contribution in [2.24, 2.45) is 10.1 Å². The normalized spacial score (nSPS) is 12.2. The Bertz CT molecular complexity index is 1180. The Labute approximate surface area is 180 Å². The first kappa shape index (κ1) is 20.9. The van der Waals surface area contributed by atoms with E-state index < -0.39 is 0 Å². The Hall–Kier alpha value is -2.84. The topological polar surface area (TPSA) is 72.8 Å². The molecule has 0 N–H and O–H groups in total. The molecule has 3 aromatic rings. The van der Waals surface area contributed by atoms with Gasteiger partial charge in [0, 0.05) is 32.6 Å². The molecule has 1 heterocycles. The Morgan fingerprint density at radius 2 is 2.10 bits per heavy atom. The van der Waals surface area contributed by atoms with Crippen molar-refractivity contribution in [1.82, 2.24) is 4.68 Å². The molecule has 0 saturated carbocycles. The van der Waals surface area contributed by atoms with Crippen LogP contribution in [0.1, 0.15) is 18.1 Å². The molecule has 8 heteroatoms. The van der Waals surface area contributed by atoms with Gasteiger partial charge in [0.25, 0.3) is 5.69 Å². The Morgan fingerprint density at radius 1 is 1.34 bits per heavy atom. The summed E-state index contributed by atoms with van der Waals surface area (Å²) >= 11 is 5.07. The second kappa shape index (κ2) is 9.11. The highest BCUT2D eigenvalue weighted by molar-refractivity contribution is 9.10. The van der Waals surface area contributed by atoms with Crippen molar-refractivity contribution in [2.45, 2.75) is 13.8 Å². The number of aromatic nitrogens is 1. The number of nitrogens with zero attached hydrogens (tertiary/aromatic N) is 4. The molecular formula is C21H19BrN4O2S. The molecule has 0 aliphatic rings. The van der Waals surface area contributed by atoms with Crippen molar-refractivity contribution < 1.29 is 4.92 Å². The number of halogens is 1. The highest BCUT2D eigenvalue weighted by atomic mass is 79.9. The molecule has 0 fully saturated rings. The Kier molecular flexibility index (Phi) is 6.56. The van der Waals surface area contributed by atoms with Crippen molar-refractivity contribution in [1.29, 1.82) is 0 Å². The summed E-state index contributed by atoms with van der Waals surface area (Å²) in [7, 11) is 0. The summed E-state index contributed by atoms with van der Waals surface area (Å²) in [4.78, 5) is 16.2. The molecule has 2 aromatic carbocycles. The fourth-order valence-electron chi connectivity index (χ4n) is 2.74. The highest BCUT2D eigenvalue weighted by Crippen LogP contribution is 2.28. The van der Waals surface area contributed by atoms with E-state index in [1.165, 1.54) is 11.3 Å². The van der Waals surface area contributed by atoms with Gasteiger partial charge in [-0.15, -0.1) is 17.9 Å². The Balaban J connectivity index is 2.18. The van der Waals surface area contributed by atoms with Gasteiger partial charge in [-0.05, 0) is 19.9 Å². The molecule has 0 saturated heterocycles. The predicted molar refractivity (Wildman–Crippen MR) is 122 cm³/mol. The van der Waals surface area contributed by atoms with Crippen LogP contribution in [0.3, 0.4) is 0 Å². The third-order valence-electron chi connectivity index (χ3n) is 4.26. The first-order chi connectivity index (χ1) is 13.9. The molecule has 0 atom stereocenters. The third-order valence-corrected chi connectivity index (χ3v) is 5.81. The van der Waals surface area contributed by atoms with Gasteiger partial charge in [0.05, 0.1) is 22.9 Å². The van der Waals surface area contributed by atoms with Crippen LogP contribution in [0.4, 0.5) is 5.69 Å². The van der Waals surface area contributed by atoms with Crippen LogP contribution in [0.5, 0.6) is 0 Å². The second-order valence-electron chi connectivity index (χ2n) is 6.27. The molecule has 0 unspecified atom stereocenters. The molecule has 29 heavy (non-hydrogen) atoms. The molecule has 0 bridgehead atoms. The van der Waals surface area contributed by atoms with E-state index in [9.17, 15) is 10.1 Å². The van der Waals surface area contributed by atoms with Gasteiger partial charge < -0.3 is 0 Å². The molecule has 0 aliphatic carbocycles. The van der Waals surface area contributed by atoms with Gasteiger partial charge in [-0.2, -0.15) is 5.10 Å². The van der Waals surface area contributed by atoms with Gasteiger partial charge >= 0.3 is 0 Å². The lowest BCUT2D eigenvalue weighted by molar-refractivity contribution is -0.385. The average Bonchev–Trinajstić information content (AvgIpc) is 3.09. The van der Waals surface area contributed by atoms with Crippen molar-refractivity contribution in [2.75, 3.05) is 6.54 Å². The molecule has 0 radical (unpaired) electrons. The highest BCUT2D eigenvalue weighted by Gasteiger charge is 2.14. The first-order valence-corrected chi connectivity index (χ1v) is 10.5. The average molecular weight is 471 g/mol. The van der Waals surface area contributed by atoms with Crippen LogP contribution in [0.15, 0.2) is 75.1 Å². The number of nitro groups is 1. The smallest absolute Gasteiger partial charge is 0.258 e. The number of benzene rings is 2. The molecule has 1 aromatic heterocycles. The minimum absolute atomic E-state index is 0.0787. The maximum atomic E-state index is 11.3. The van der Waals surface area contributed by atoms with Crippen molar-refractivity contribution in [3.8, 4) is 11.3 Å². The van der Waals surface area contributed by atoms with Gasteiger partial charge in [0.15, 0.2) is 0 Å². The van der Waals surface area contributed by atoms with Crippen molar-refractivity contribution in [3.05, 3.63) is 91.0 Å². The van der Waals surface area contributed by atoms with Crippen LogP contribution in [0.25, 0.3) is 11.3 Å². The summed E-state index contributed by atoms with van der Waals surface area (Å²) in [6.07, 6.45) is 1.72. The summed E-state index contributed by atoms with van der Waals surface area (Å²) in [5.74, 6) is 0. The number of hydrogen-bond acceptors (Lipinski definition) is 5. The van der Waals surface area contributed by atoms with Gasteiger partial charge in [-0.1, -0.05) is 52.3 Å². The zero-order chi connectivity index (χ0) is 21.0. The van der Waals surface area contributed by atoms with Gasteiger partial charge in [0.2, 0.25) is 4.80 Å². The number of hydrogen-bond donors (Lipinski definition) is 0. The summed E-state index contributed by atoms with van der Waals surface area (Å²) in [5, 5.41) is 18.1. The van der Waals surface area contributed by atoms with E-state index in [0.717, 1.165) is 20.5 Å². The minimum Gasteiger partial charge on any atom is -0.258 e. The quantitative estimate of drug-likeness (QED) is 0.205. The van der Waals surface area contributed by atoms with Crippen molar-refractivity contribution in [3.63, 3.8) is 0 Å². The summed E-state index contributed by atoms with van der Waals surface area (Å²) in [6.45, 7) is 7.75. The van der Waals surface area contributed by atoms with Crippen LogP contribution in [0, 0.1) is 17.0 Å². The van der Waals surface area contributed by atoms with Crippen LogP contribution in [-0.2, 0) is 0 Å². The predicted octanol–water partition coefficient (Wildman–Crippen LogP) is 5.55. The van der Waals surface area contributed by atoms with Crippen LogP contribution in [0.2, 0.25) is 0 Å². The third kappa shape index (κ3) is 4.60. The molecular weight excluding hydrogens is 452 g/mol. The largest absolute Gasteiger partial charge is 0.272 e. The van der Waals surface area contributed by atoms with E-state index in [0.29, 0.717) is 23.4 Å². The number of aryl methyl sites for hydroxylation is 1. The lowest BCUT2D eigenvalue weighted by atomic mass is 10.1. The molecule has 0 amide bonds. The molecule has 0 aliphatic heterocycles. The van der Waals surface area contributed by atoms with Crippen molar-refractivity contribution >= 4 is 38.7 Å². The van der Waals surface area contributed by atoms with E-state index >= 15 is 0 Å². The minimum atomic E-state index is -0.374. The SMILES string of the molecule is C=CCN=c1scc(-c2ccccc2Br)n1N=C(C)c1ccc(C)c([N+](=O)[O-])c1. The van der Waals surface area contributed by atoms with E-state index in [1.807, 2.05) is 42.6 Å². The number of thiazole rings is 1. The molecule has 6 nitrogen and oxygen atoms in total. The summed E-state index contributed by atoms with van der Waals surface area (Å²) in [5.41, 5.74) is 3.90. The summed E-state index contributed by atoms with van der Waals surface area (Å²) in [6, 6.07) is 13.0. The zero-order valence-corrected chi connectivity index (χ0v) is 18.4. The maximum absolute atomic E-state index is 11.3. The van der Waals surface area contributed by atoms with Gasteiger partial charge in [-0.3, -0.25) is 15.1 Å². The molecule has 148 valence electrons. The van der Waals surface area contributed by atoms with E-state index in [4.69, 9.17) is 5.10 Å². The van der Waals surface area contributed by atoms with Crippen LogP contribution < -0.4 is 4.80 Å². The monoisotopic (exact) mass is 470 g/mol. The lowest BCUT2D eigenvalue weighted by Gasteiger charge is -2.08. The van der Waals surface area contributed by atoms with E-state index in [1.54, 1.807) is 29.8 Å². The number of rotatable bonds is 6. The standard InChI is InChI=1S/C21H19BrN4O2S/c1-4-11-23-21-25(20(13-29-21)17-7-5-6-8-18(17)22)24-15(3)16-10-9-14(2)19(12-16)26(27)28/h4-10,12-13H,1,11H2,2-3H3. The summed E-state index contributed by atoms with van der Waals surface area (Å²) < 4.78 is 2.72. The van der Waals surface area contributed by atoms with Gasteiger partial charge in [0.1, 0.15) is 0 Å². The van der Waals surface area contributed by atoms with Gasteiger partial charge in [-0.25, -0.2) is 4.68 Å². The molecule has 3 rings (SSSR count). The van der Waals surface area contributed by atoms with Crippen LogP contribution >= 0.6 is 27.3 Å². The number of nitro benzene ring substituents is 1. The fraction of sp³-hybridized carbons (Fsp3) is 0.143. The first-order valence-electron chi connectivity index (χ1n) is 8.80.